The van der Waals surface area contributed by atoms with Gasteiger partial charge in [0.25, 0.3) is 11.6 Å². The van der Waals surface area contributed by atoms with E-state index in [2.05, 4.69) is 51.5 Å². The molecule has 0 saturated carbocycles. The van der Waals surface area contributed by atoms with Crippen molar-refractivity contribution in [2.24, 2.45) is 5.10 Å². The Hall–Kier alpha value is -3.10. The van der Waals surface area contributed by atoms with Crippen LogP contribution in [-0.4, -0.2) is 59.6 Å². The fraction of sp³-hybridized carbons (Fsp3) is 0.333. The molecule has 0 unspecified atom stereocenters. The molecule has 0 atom stereocenters. The van der Waals surface area contributed by atoms with Gasteiger partial charge in [-0.1, -0.05) is 42.0 Å². The first-order chi connectivity index (χ1) is 14.0. The molecule has 2 aromatic rings. The number of aryl methyl sites for hydroxylation is 1. The third kappa shape index (κ3) is 6.48. The second-order valence-electron chi connectivity index (χ2n) is 7.18. The van der Waals surface area contributed by atoms with E-state index in [1.54, 1.807) is 12.1 Å². The van der Waals surface area contributed by atoms with Gasteiger partial charge in [0.15, 0.2) is 0 Å². The molecule has 3 rings (SSSR count). The van der Waals surface area contributed by atoms with Gasteiger partial charge in [-0.3, -0.25) is 24.7 Å². The molecule has 8 nitrogen and oxygen atoms in total. The summed E-state index contributed by atoms with van der Waals surface area (Å²) < 4.78 is 0. The van der Waals surface area contributed by atoms with Crippen molar-refractivity contribution in [3.05, 3.63) is 75.3 Å². The van der Waals surface area contributed by atoms with Crippen molar-refractivity contribution in [1.29, 1.82) is 0 Å². The first-order valence-electron chi connectivity index (χ1n) is 9.56. The predicted octanol–water partition coefficient (Wildman–Crippen LogP) is 2.17. The summed E-state index contributed by atoms with van der Waals surface area (Å²) in [6.07, 6.45) is 1.41. The van der Waals surface area contributed by atoms with Crippen LogP contribution in [0.3, 0.4) is 0 Å². The van der Waals surface area contributed by atoms with E-state index >= 15 is 0 Å². The molecule has 1 fully saturated rings. The van der Waals surface area contributed by atoms with Gasteiger partial charge in [-0.15, -0.1) is 0 Å². The van der Waals surface area contributed by atoms with E-state index < -0.39 is 4.92 Å². The number of hydrogen-bond acceptors (Lipinski definition) is 6. The number of nitro groups is 1. The van der Waals surface area contributed by atoms with Crippen molar-refractivity contribution in [1.82, 2.24) is 15.2 Å². The van der Waals surface area contributed by atoms with Crippen molar-refractivity contribution in [3.8, 4) is 0 Å². The van der Waals surface area contributed by atoms with Crippen molar-refractivity contribution in [3.63, 3.8) is 0 Å². The van der Waals surface area contributed by atoms with Gasteiger partial charge < -0.3 is 0 Å². The number of amides is 1. The molecular formula is C21H25N5O3. The summed E-state index contributed by atoms with van der Waals surface area (Å²) in [5.74, 6) is -0.196. The van der Waals surface area contributed by atoms with Gasteiger partial charge in [0.2, 0.25) is 0 Å². The molecule has 1 heterocycles. The molecule has 2 aromatic carbocycles. The molecule has 1 N–H and O–H groups in total. The first-order valence-corrected chi connectivity index (χ1v) is 9.56. The quantitative estimate of drug-likeness (QED) is 0.441. The molecule has 0 bridgehead atoms. The molecule has 1 aliphatic heterocycles. The average Bonchev–Trinajstić information content (AvgIpc) is 2.71. The molecule has 0 aliphatic carbocycles. The summed E-state index contributed by atoms with van der Waals surface area (Å²) in [6, 6.07) is 14.7. The van der Waals surface area contributed by atoms with Crippen molar-refractivity contribution >= 4 is 17.8 Å². The molecule has 152 valence electrons. The lowest BCUT2D eigenvalue weighted by atomic mass is 10.1. The zero-order valence-corrected chi connectivity index (χ0v) is 16.5. The molecule has 0 radical (unpaired) electrons. The van der Waals surface area contributed by atoms with Crippen molar-refractivity contribution in [2.75, 3.05) is 32.7 Å². The Morgan fingerprint density at radius 3 is 2.52 bits per heavy atom. The number of carbonyl (C=O) groups excluding carboxylic acids is 1. The largest absolute Gasteiger partial charge is 0.297 e. The van der Waals surface area contributed by atoms with Gasteiger partial charge in [0.05, 0.1) is 17.7 Å². The number of hydrogen-bond donors (Lipinski definition) is 1. The van der Waals surface area contributed by atoms with Crippen LogP contribution in [0, 0.1) is 17.0 Å². The average molecular weight is 395 g/mol. The van der Waals surface area contributed by atoms with E-state index in [0.29, 0.717) is 5.56 Å². The zero-order chi connectivity index (χ0) is 20.6. The van der Waals surface area contributed by atoms with Crippen LogP contribution in [0.1, 0.15) is 16.7 Å². The van der Waals surface area contributed by atoms with Crippen LogP contribution in [-0.2, 0) is 11.3 Å². The Morgan fingerprint density at radius 1 is 1.14 bits per heavy atom. The van der Waals surface area contributed by atoms with Crippen LogP contribution in [0.25, 0.3) is 0 Å². The van der Waals surface area contributed by atoms with Crippen LogP contribution in [0.2, 0.25) is 0 Å². The number of piperazine rings is 1. The highest BCUT2D eigenvalue weighted by atomic mass is 16.6. The third-order valence-electron chi connectivity index (χ3n) is 4.84. The van der Waals surface area contributed by atoms with E-state index in [1.807, 2.05) is 0 Å². The molecule has 29 heavy (non-hydrogen) atoms. The normalized spacial score (nSPS) is 15.5. The highest BCUT2D eigenvalue weighted by Gasteiger charge is 2.18. The minimum absolute atomic E-state index is 0.0104. The number of nitro benzene ring substituents is 1. The number of nitrogens with one attached hydrogen (secondary N) is 1. The lowest BCUT2D eigenvalue weighted by Gasteiger charge is -2.34. The maximum Gasteiger partial charge on any atom is 0.270 e. The zero-order valence-electron chi connectivity index (χ0n) is 16.5. The summed E-state index contributed by atoms with van der Waals surface area (Å²) >= 11 is 0. The summed E-state index contributed by atoms with van der Waals surface area (Å²) in [5.41, 5.74) is 5.60. The fourth-order valence-electron chi connectivity index (χ4n) is 3.19. The van der Waals surface area contributed by atoms with E-state index in [0.717, 1.165) is 32.7 Å². The highest BCUT2D eigenvalue weighted by Crippen LogP contribution is 2.12. The molecule has 1 amide bonds. The van der Waals surface area contributed by atoms with E-state index in [1.165, 1.54) is 29.5 Å². The van der Waals surface area contributed by atoms with Crippen LogP contribution in [0.4, 0.5) is 5.69 Å². The number of nitrogens with zero attached hydrogens (tertiary/aromatic N) is 4. The first kappa shape index (κ1) is 20.6. The topological polar surface area (TPSA) is 91.1 Å². The Kier molecular flexibility index (Phi) is 7.04. The molecular weight excluding hydrogens is 370 g/mol. The van der Waals surface area contributed by atoms with Crippen LogP contribution in [0.5, 0.6) is 0 Å². The number of non-ortho nitro benzene ring substituents is 1. The number of benzene rings is 2. The van der Waals surface area contributed by atoms with Gasteiger partial charge in [-0.2, -0.15) is 5.10 Å². The van der Waals surface area contributed by atoms with Crippen LogP contribution in [0.15, 0.2) is 53.6 Å². The monoisotopic (exact) mass is 395 g/mol. The summed E-state index contributed by atoms with van der Waals surface area (Å²) in [4.78, 5) is 26.9. The fourth-order valence-corrected chi connectivity index (χ4v) is 3.19. The smallest absolute Gasteiger partial charge is 0.270 e. The second kappa shape index (κ2) is 9.90. The van der Waals surface area contributed by atoms with E-state index in [4.69, 9.17) is 0 Å². The maximum absolute atomic E-state index is 12.1. The van der Waals surface area contributed by atoms with Crippen LogP contribution < -0.4 is 5.43 Å². The number of hydrazone groups is 1. The Morgan fingerprint density at radius 2 is 1.83 bits per heavy atom. The molecule has 0 aromatic heterocycles. The van der Waals surface area contributed by atoms with Gasteiger partial charge in [0.1, 0.15) is 0 Å². The number of carbonyl (C=O) groups is 1. The van der Waals surface area contributed by atoms with Gasteiger partial charge >= 0.3 is 0 Å². The molecule has 8 heteroatoms. The predicted molar refractivity (Wildman–Crippen MR) is 112 cm³/mol. The van der Waals surface area contributed by atoms with E-state index in [9.17, 15) is 14.9 Å². The summed E-state index contributed by atoms with van der Waals surface area (Å²) in [5, 5.41) is 14.7. The highest BCUT2D eigenvalue weighted by molar-refractivity contribution is 5.83. The maximum atomic E-state index is 12.1. The Balaban J connectivity index is 1.40. The lowest BCUT2D eigenvalue weighted by Crippen LogP contribution is -2.48. The van der Waals surface area contributed by atoms with Gasteiger partial charge in [-0.05, 0) is 12.5 Å². The van der Waals surface area contributed by atoms with Crippen LogP contribution >= 0.6 is 0 Å². The Bertz CT molecular complexity index is 874. The molecule has 1 aliphatic rings. The van der Waals surface area contributed by atoms with Gasteiger partial charge in [0, 0.05) is 50.4 Å². The molecule has 0 spiro atoms. The standard InChI is InChI=1S/C21H25N5O3/c1-17-5-7-18(8-6-17)15-24-9-11-25(12-10-24)16-21(27)23-22-14-19-3-2-4-20(13-19)26(28)29/h2-8,13-14H,9-12,15-16H2,1H3,(H,23,27). The van der Waals surface area contributed by atoms with Gasteiger partial charge in [-0.25, -0.2) is 5.43 Å². The summed E-state index contributed by atoms with van der Waals surface area (Å²) in [6.45, 7) is 6.78. The minimum Gasteiger partial charge on any atom is -0.297 e. The van der Waals surface area contributed by atoms with E-state index in [-0.39, 0.29) is 18.1 Å². The number of rotatable bonds is 7. The second-order valence-corrected chi connectivity index (χ2v) is 7.18. The SMILES string of the molecule is Cc1ccc(CN2CCN(CC(=O)NN=Cc3cccc([N+](=O)[O-])c3)CC2)cc1. The lowest BCUT2D eigenvalue weighted by molar-refractivity contribution is -0.384. The Labute approximate surface area is 170 Å². The minimum atomic E-state index is -0.464. The van der Waals surface area contributed by atoms with Crippen molar-refractivity contribution < 1.29 is 9.72 Å². The summed E-state index contributed by atoms with van der Waals surface area (Å²) in [7, 11) is 0. The molecule has 1 saturated heterocycles. The van der Waals surface area contributed by atoms with Crippen molar-refractivity contribution in [2.45, 2.75) is 13.5 Å². The third-order valence-corrected chi connectivity index (χ3v) is 4.84.